The van der Waals surface area contributed by atoms with Crippen LogP contribution in [0.5, 0.6) is 0 Å². The van der Waals surface area contributed by atoms with Crippen LogP contribution in [0.1, 0.15) is 5.56 Å². The lowest BCUT2D eigenvalue weighted by Crippen LogP contribution is -2.00. The molecule has 0 radical (unpaired) electrons. The van der Waals surface area contributed by atoms with E-state index in [1.54, 1.807) is 23.0 Å². The number of rotatable bonds is 3. The summed E-state index contributed by atoms with van der Waals surface area (Å²) in [5, 5.41) is 4.13. The summed E-state index contributed by atoms with van der Waals surface area (Å²) in [4.78, 5) is 3.26. The first-order valence-electron chi connectivity index (χ1n) is 6.25. The molecule has 1 aromatic carbocycles. The smallest absolute Gasteiger partial charge is 0.178 e. The predicted octanol–water partition coefficient (Wildman–Crippen LogP) is 1.88. The lowest BCUT2D eigenvalue weighted by molar-refractivity contribution is 0.602. The maximum Gasteiger partial charge on any atom is 0.178 e. The number of fused-ring (bicyclic) bond motifs is 1. The van der Waals surface area contributed by atoms with Gasteiger partial charge in [0.25, 0.3) is 0 Å². The zero-order chi connectivity index (χ0) is 15.2. The number of nitrogens with one attached hydrogen (secondary N) is 1. The van der Waals surface area contributed by atoms with Gasteiger partial charge in [-0.3, -0.25) is 4.68 Å². The Labute approximate surface area is 126 Å². The summed E-state index contributed by atoms with van der Waals surface area (Å²) in [6.45, 7) is 0.542. The highest BCUT2D eigenvalue weighted by Gasteiger charge is 2.15. The van der Waals surface area contributed by atoms with E-state index in [2.05, 4.69) is 10.1 Å². The van der Waals surface area contributed by atoms with E-state index in [1.165, 1.54) is 6.26 Å². The third-order valence-electron chi connectivity index (χ3n) is 3.27. The van der Waals surface area contributed by atoms with Gasteiger partial charge in [0.05, 0.1) is 28.7 Å². The van der Waals surface area contributed by atoms with Gasteiger partial charge in [0, 0.05) is 25.1 Å². The first-order valence-corrected chi connectivity index (χ1v) is 8.55. The largest absolute Gasteiger partial charge is 0.329 e. The van der Waals surface area contributed by atoms with Gasteiger partial charge in [0.15, 0.2) is 14.6 Å². The number of nitrogens with zero attached hydrogens (tertiary/aromatic N) is 3. The molecule has 0 saturated heterocycles. The van der Waals surface area contributed by atoms with E-state index < -0.39 is 9.84 Å². The van der Waals surface area contributed by atoms with Crippen LogP contribution in [0.4, 0.5) is 0 Å². The van der Waals surface area contributed by atoms with Crippen LogP contribution in [0.3, 0.4) is 0 Å². The average Bonchev–Trinajstić information content (AvgIpc) is 2.93. The molecule has 21 heavy (non-hydrogen) atoms. The van der Waals surface area contributed by atoms with Gasteiger partial charge in [-0.25, -0.2) is 8.42 Å². The SMILES string of the molecule is Cn1cc(Cn2c(=S)[nH]c3c(S(C)(=O)=O)cccc32)cn1. The molecule has 0 saturated carbocycles. The molecule has 6 nitrogen and oxygen atoms in total. The highest BCUT2D eigenvalue weighted by atomic mass is 32.2. The van der Waals surface area contributed by atoms with E-state index in [4.69, 9.17) is 12.2 Å². The minimum atomic E-state index is -3.31. The number of imidazole rings is 1. The van der Waals surface area contributed by atoms with E-state index in [-0.39, 0.29) is 4.90 Å². The van der Waals surface area contributed by atoms with Gasteiger partial charge < -0.3 is 9.55 Å². The zero-order valence-corrected chi connectivity index (χ0v) is 13.2. The Balaban J connectivity index is 2.21. The Bertz CT molecular complexity index is 979. The van der Waals surface area contributed by atoms with Crippen LogP contribution in [-0.2, 0) is 23.4 Å². The first-order chi connectivity index (χ1) is 9.86. The molecule has 0 bridgehead atoms. The van der Waals surface area contributed by atoms with Crippen molar-refractivity contribution in [3.8, 4) is 0 Å². The Kier molecular flexibility index (Phi) is 3.22. The molecule has 2 heterocycles. The third kappa shape index (κ3) is 2.52. The van der Waals surface area contributed by atoms with Crippen molar-refractivity contribution >= 4 is 33.1 Å². The third-order valence-corrected chi connectivity index (χ3v) is 4.73. The molecule has 0 aliphatic carbocycles. The normalized spacial score (nSPS) is 12.1. The van der Waals surface area contributed by atoms with Gasteiger partial charge in [-0.1, -0.05) is 6.07 Å². The van der Waals surface area contributed by atoms with Crippen LogP contribution in [0, 0.1) is 4.77 Å². The van der Waals surface area contributed by atoms with Crippen LogP contribution in [0.2, 0.25) is 0 Å². The summed E-state index contributed by atoms with van der Waals surface area (Å²) in [7, 11) is -1.46. The standard InChI is InChI=1S/C13H14N4O2S2/c1-16-7-9(6-14-16)8-17-10-4-3-5-11(21(2,18)19)12(10)15-13(17)20/h3-7H,8H2,1-2H3,(H,15,20). The molecule has 1 N–H and O–H groups in total. The van der Waals surface area contributed by atoms with E-state index >= 15 is 0 Å². The topological polar surface area (TPSA) is 72.7 Å². The molecule has 3 rings (SSSR count). The zero-order valence-electron chi connectivity index (χ0n) is 11.6. The summed E-state index contributed by atoms with van der Waals surface area (Å²) < 4.78 is 27.8. The van der Waals surface area contributed by atoms with Crippen molar-refractivity contribution in [2.45, 2.75) is 11.4 Å². The number of benzene rings is 1. The maximum atomic E-state index is 11.9. The van der Waals surface area contributed by atoms with E-state index in [0.29, 0.717) is 16.8 Å². The van der Waals surface area contributed by atoms with Gasteiger partial charge in [-0.15, -0.1) is 0 Å². The highest BCUT2D eigenvalue weighted by Crippen LogP contribution is 2.23. The Morgan fingerprint density at radius 1 is 1.38 bits per heavy atom. The number of aromatic nitrogens is 4. The summed E-state index contributed by atoms with van der Waals surface area (Å²) in [6, 6.07) is 5.16. The fourth-order valence-corrected chi connectivity index (χ4v) is 3.47. The van der Waals surface area contributed by atoms with Crippen LogP contribution in [0.15, 0.2) is 35.5 Å². The van der Waals surface area contributed by atoms with Crippen LogP contribution >= 0.6 is 12.2 Å². The molecule has 110 valence electrons. The minimum Gasteiger partial charge on any atom is -0.329 e. The van der Waals surface area contributed by atoms with Crippen LogP contribution in [-0.4, -0.2) is 34.0 Å². The van der Waals surface area contributed by atoms with Gasteiger partial charge in [0.2, 0.25) is 0 Å². The molecule has 0 aliphatic heterocycles. The fourth-order valence-electron chi connectivity index (χ4n) is 2.36. The second-order valence-corrected chi connectivity index (χ2v) is 7.33. The van der Waals surface area contributed by atoms with Crippen molar-refractivity contribution in [3.05, 3.63) is 40.9 Å². The molecular weight excluding hydrogens is 308 g/mol. The Hall–Kier alpha value is -1.93. The molecule has 0 aliphatic rings. The Morgan fingerprint density at radius 3 is 2.76 bits per heavy atom. The lowest BCUT2D eigenvalue weighted by Gasteiger charge is -2.04. The number of aromatic amines is 1. The van der Waals surface area contributed by atoms with Crippen molar-refractivity contribution < 1.29 is 8.42 Å². The van der Waals surface area contributed by atoms with Crippen molar-refractivity contribution in [3.63, 3.8) is 0 Å². The molecule has 8 heteroatoms. The van der Waals surface area contributed by atoms with E-state index in [9.17, 15) is 8.42 Å². The molecule has 0 spiro atoms. The van der Waals surface area contributed by atoms with Gasteiger partial charge in [0.1, 0.15) is 0 Å². The number of hydrogen-bond donors (Lipinski definition) is 1. The number of sulfone groups is 1. The van der Waals surface area contributed by atoms with E-state index in [0.717, 1.165) is 11.1 Å². The predicted molar refractivity (Wildman–Crippen MR) is 82.5 cm³/mol. The van der Waals surface area contributed by atoms with Crippen LogP contribution in [0.25, 0.3) is 11.0 Å². The van der Waals surface area contributed by atoms with Crippen molar-refractivity contribution in [2.75, 3.05) is 6.26 Å². The molecule has 0 unspecified atom stereocenters. The van der Waals surface area contributed by atoms with Crippen molar-refractivity contribution in [1.29, 1.82) is 0 Å². The average molecular weight is 322 g/mol. The molecular formula is C13H14N4O2S2. The Morgan fingerprint density at radius 2 is 2.14 bits per heavy atom. The summed E-state index contributed by atoms with van der Waals surface area (Å²) >= 11 is 5.33. The molecule has 2 aromatic heterocycles. The quantitative estimate of drug-likeness (QED) is 0.747. The van der Waals surface area contributed by atoms with Gasteiger partial charge in [-0.2, -0.15) is 5.10 Å². The monoisotopic (exact) mass is 322 g/mol. The lowest BCUT2D eigenvalue weighted by atomic mass is 10.3. The van der Waals surface area contributed by atoms with Crippen molar-refractivity contribution in [2.24, 2.45) is 7.05 Å². The second-order valence-electron chi connectivity index (χ2n) is 4.96. The number of aryl methyl sites for hydroxylation is 1. The summed E-state index contributed by atoms with van der Waals surface area (Å²) in [5.41, 5.74) is 2.32. The van der Waals surface area contributed by atoms with Gasteiger partial charge in [-0.05, 0) is 24.4 Å². The van der Waals surface area contributed by atoms with E-state index in [1.807, 2.05) is 23.9 Å². The number of H-pyrrole nitrogens is 1. The maximum absolute atomic E-state index is 11.9. The molecule has 0 amide bonds. The highest BCUT2D eigenvalue weighted by molar-refractivity contribution is 7.91. The second kappa shape index (κ2) is 4.81. The minimum absolute atomic E-state index is 0.260. The van der Waals surface area contributed by atoms with Crippen LogP contribution < -0.4 is 0 Å². The fraction of sp³-hybridized carbons (Fsp3) is 0.231. The molecule has 3 aromatic rings. The van der Waals surface area contributed by atoms with Gasteiger partial charge >= 0.3 is 0 Å². The number of hydrogen-bond acceptors (Lipinski definition) is 4. The summed E-state index contributed by atoms with van der Waals surface area (Å²) in [5.74, 6) is 0. The molecule has 0 atom stereocenters. The number of para-hydroxylation sites is 1. The molecule has 0 fully saturated rings. The first kappa shape index (κ1) is 14.0. The summed E-state index contributed by atoms with van der Waals surface area (Å²) in [6.07, 6.45) is 4.86. The van der Waals surface area contributed by atoms with Crippen molar-refractivity contribution in [1.82, 2.24) is 19.3 Å².